The SMILES string of the molecule is COc1ccc(OC)c2c1cc1n2CC(C)(C(=O)NC2CCC(C)CC2)N(Cc2ccco2)C1=O. The van der Waals surface area contributed by atoms with Crippen molar-refractivity contribution in [2.24, 2.45) is 5.92 Å². The molecule has 1 fully saturated rings. The van der Waals surface area contributed by atoms with E-state index < -0.39 is 5.54 Å². The number of ether oxygens (including phenoxy) is 2. The van der Waals surface area contributed by atoms with Gasteiger partial charge in [-0.15, -0.1) is 0 Å². The minimum absolute atomic E-state index is 0.119. The van der Waals surface area contributed by atoms with E-state index in [0.29, 0.717) is 28.9 Å². The lowest BCUT2D eigenvalue weighted by Crippen LogP contribution is -2.64. The predicted octanol–water partition coefficient (Wildman–Crippen LogP) is 4.36. The molecule has 35 heavy (non-hydrogen) atoms. The van der Waals surface area contributed by atoms with Gasteiger partial charge in [-0.3, -0.25) is 9.59 Å². The third-order valence-electron chi connectivity index (χ3n) is 7.68. The van der Waals surface area contributed by atoms with Gasteiger partial charge in [0, 0.05) is 11.4 Å². The first-order chi connectivity index (χ1) is 16.9. The van der Waals surface area contributed by atoms with Crippen LogP contribution in [0.2, 0.25) is 0 Å². The summed E-state index contributed by atoms with van der Waals surface area (Å²) in [5, 5.41) is 4.05. The molecule has 1 atom stereocenters. The van der Waals surface area contributed by atoms with Crippen molar-refractivity contribution < 1.29 is 23.5 Å². The van der Waals surface area contributed by atoms with Crippen molar-refractivity contribution in [2.45, 2.75) is 64.2 Å². The molecule has 1 N–H and O–H groups in total. The Labute approximate surface area is 205 Å². The Morgan fingerprint density at radius 3 is 2.51 bits per heavy atom. The second-order valence-corrected chi connectivity index (χ2v) is 10.0. The number of hydrogen-bond donors (Lipinski definition) is 1. The van der Waals surface area contributed by atoms with Crippen LogP contribution in [0.15, 0.2) is 41.0 Å². The van der Waals surface area contributed by atoms with Crippen LogP contribution in [-0.2, 0) is 17.9 Å². The second-order valence-electron chi connectivity index (χ2n) is 10.0. The highest BCUT2D eigenvalue weighted by Crippen LogP contribution is 2.40. The number of amides is 2. The van der Waals surface area contributed by atoms with Crippen LogP contribution in [0.1, 0.15) is 55.8 Å². The molecule has 0 saturated heterocycles. The summed E-state index contributed by atoms with van der Waals surface area (Å²) in [5.41, 5.74) is 0.115. The molecule has 2 aromatic heterocycles. The maximum atomic E-state index is 14.0. The van der Waals surface area contributed by atoms with E-state index in [1.165, 1.54) is 0 Å². The molecule has 1 aromatic carbocycles. The largest absolute Gasteiger partial charge is 0.496 e. The number of carbonyl (C=O) groups is 2. The lowest BCUT2D eigenvalue weighted by Gasteiger charge is -2.44. The van der Waals surface area contributed by atoms with E-state index in [1.807, 2.05) is 35.8 Å². The van der Waals surface area contributed by atoms with Crippen LogP contribution in [0.5, 0.6) is 11.5 Å². The summed E-state index contributed by atoms with van der Waals surface area (Å²) in [7, 11) is 3.20. The number of methoxy groups -OCH3 is 2. The van der Waals surface area contributed by atoms with Gasteiger partial charge < -0.3 is 28.7 Å². The Morgan fingerprint density at radius 1 is 1.14 bits per heavy atom. The summed E-state index contributed by atoms with van der Waals surface area (Å²) >= 11 is 0. The van der Waals surface area contributed by atoms with Gasteiger partial charge in [0.2, 0.25) is 5.91 Å². The molecule has 3 aromatic rings. The van der Waals surface area contributed by atoms with Gasteiger partial charge in [0.05, 0.1) is 39.1 Å². The lowest BCUT2D eigenvalue weighted by atomic mass is 9.86. The van der Waals surface area contributed by atoms with E-state index in [9.17, 15) is 9.59 Å². The molecule has 2 aliphatic rings. The minimum atomic E-state index is -1.13. The monoisotopic (exact) mass is 479 g/mol. The summed E-state index contributed by atoms with van der Waals surface area (Å²) < 4.78 is 18.7. The molecule has 0 spiro atoms. The molecule has 0 radical (unpaired) electrons. The summed E-state index contributed by atoms with van der Waals surface area (Å²) in [6.45, 7) is 4.59. The van der Waals surface area contributed by atoms with Crippen molar-refractivity contribution in [3.05, 3.63) is 48.0 Å². The Balaban J connectivity index is 1.59. The molecule has 5 rings (SSSR count). The van der Waals surface area contributed by atoms with Gasteiger partial charge in [-0.2, -0.15) is 0 Å². The molecule has 8 nitrogen and oxygen atoms in total. The van der Waals surface area contributed by atoms with E-state index in [4.69, 9.17) is 13.9 Å². The van der Waals surface area contributed by atoms with Crippen molar-refractivity contribution in [2.75, 3.05) is 14.2 Å². The first kappa shape index (κ1) is 23.3. The van der Waals surface area contributed by atoms with Crippen molar-refractivity contribution in [3.8, 4) is 11.5 Å². The topological polar surface area (TPSA) is 85.9 Å². The quantitative estimate of drug-likeness (QED) is 0.568. The Morgan fingerprint density at radius 2 is 1.86 bits per heavy atom. The molecule has 186 valence electrons. The van der Waals surface area contributed by atoms with Crippen LogP contribution in [0.4, 0.5) is 0 Å². The van der Waals surface area contributed by atoms with E-state index in [0.717, 1.165) is 36.6 Å². The molecule has 1 aliphatic carbocycles. The van der Waals surface area contributed by atoms with Gasteiger partial charge in [-0.25, -0.2) is 0 Å². The average Bonchev–Trinajstić information content (AvgIpc) is 3.51. The number of fused-ring (bicyclic) bond motifs is 3. The number of aromatic nitrogens is 1. The normalized spacial score (nSPS) is 24.3. The fraction of sp³-hybridized carbons (Fsp3) is 0.481. The standard InChI is InChI=1S/C27H33N3O5/c1-17-7-9-18(10-8-17)28-26(32)27(2)16-29-21(25(31)30(27)15-19-6-5-13-35-19)14-20-22(33-3)11-12-23(34-4)24(20)29/h5-6,11-14,17-18H,7-10,15-16H2,1-4H3,(H,28,32). The Bertz CT molecular complexity index is 1240. The zero-order valence-electron chi connectivity index (χ0n) is 20.8. The van der Waals surface area contributed by atoms with Crippen LogP contribution in [0.3, 0.4) is 0 Å². The number of rotatable bonds is 6. The number of furan rings is 1. The highest BCUT2D eigenvalue weighted by molar-refractivity contribution is 6.05. The van der Waals surface area contributed by atoms with Crippen LogP contribution >= 0.6 is 0 Å². The fourth-order valence-electron chi connectivity index (χ4n) is 5.51. The van der Waals surface area contributed by atoms with Crippen molar-refractivity contribution in [3.63, 3.8) is 0 Å². The van der Waals surface area contributed by atoms with Crippen molar-refractivity contribution in [1.29, 1.82) is 0 Å². The van der Waals surface area contributed by atoms with Crippen LogP contribution in [-0.4, -0.2) is 47.1 Å². The van der Waals surface area contributed by atoms with Crippen molar-refractivity contribution >= 4 is 22.7 Å². The van der Waals surface area contributed by atoms with Gasteiger partial charge in [-0.1, -0.05) is 6.92 Å². The lowest BCUT2D eigenvalue weighted by molar-refractivity contribution is -0.134. The van der Waals surface area contributed by atoms with Crippen LogP contribution < -0.4 is 14.8 Å². The van der Waals surface area contributed by atoms with Gasteiger partial charge in [0.25, 0.3) is 5.91 Å². The number of nitrogens with one attached hydrogen (secondary N) is 1. The maximum Gasteiger partial charge on any atom is 0.271 e. The summed E-state index contributed by atoms with van der Waals surface area (Å²) in [6, 6.07) is 9.21. The van der Waals surface area contributed by atoms with Crippen LogP contribution in [0, 0.1) is 5.92 Å². The zero-order valence-corrected chi connectivity index (χ0v) is 20.8. The first-order valence-corrected chi connectivity index (χ1v) is 12.2. The Hall–Kier alpha value is -3.42. The first-order valence-electron chi connectivity index (χ1n) is 12.2. The Kier molecular flexibility index (Phi) is 5.99. The summed E-state index contributed by atoms with van der Waals surface area (Å²) in [4.78, 5) is 29.5. The average molecular weight is 480 g/mol. The number of benzene rings is 1. The van der Waals surface area contributed by atoms with E-state index in [1.54, 1.807) is 31.4 Å². The summed E-state index contributed by atoms with van der Waals surface area (Å²) in [5.74, 6) is 2.21. The van der Waals surface area contributed by atoms with Gasteiger partial charge in [-0.05, 0) is 68.9 Å². The minimum Gasteiger partial charge on any atom is -0.496 e. The molecular weight excluding hydrogens is 446 g/mol. The molecule has 1 saturated carbocycles. The number of nitrogens with zero attached hydrogens (tertiary/aromatic N) is 2. The smallest absolute Gasteiger partial charge is 0.271 e. The van der Waals surface area contributed by atoms with Gasteiger partial charge in [0.1, 0.15) is 28.5 Å². The summed E-state index contributed by atoms with van der Waals surface area (Å²) in [6.07, 6.45) is 5.69. The van der Waals surface area contributed by atoms with E-state index in [2.05, 4.69) is 12.2 Å². The third kappa shape index (κ3) is 3.94. The fourth-order valence-corrected chi connectivity index (χ4v) is 5.51. The van der Waals surface area contributed by atoms with Crippen molar-refractivity contribution in [1.82, 2.24) is 14.8 Å². The molecule has 1 unspecified atom stereocenters. The molecule has 2 amide bonds. The predicted molar refractivity (Wildman–Crippen MR) is 132 cm³/mol. The molecule has 0 bridgehead atoms. The molecular formula is C27H33N3O5. The molecule has 3 heterocycles. The molecule has 8 heteroatoms. The number of hydrogen-bond acceptors (Lipinski definition) is 5. The highest BCUT2D eigenvalue weighted by Gasteiger charge is 2.49. The second kappa shape index (κ2) is 8.98. The zero-order chi connectivity index (χ0) is 24.7. The highest BCUT2D eigenvalue weighted by atomic mass is 16.5. The van der Waals surface area contributed by atoms with Gasteiger partial charge >= 0.3 is 0 Å². The van der Waals surface area contributed by atoms with Gasteiger partial charge in [0.15, 0.2) is 0 Å². The third-order valence-corrected chi connectivity index (χ3v) is 7.68. The van der Waals surface area contributed by atoms with E-state index >= 15 is 0 Å². The van der Waals surface area contributed by atoms with E-state index in [-0.39, 0.29) is 30.9 Å². The molecule has 1 aliphatic heterocycles. The maximum absolute atomic E-state index is 14.0. The van der Waals surface area contributed by atoms with Crippen LogP contribution in [0.25, 0.3) is 10.9 Å². The number of carbonyl (C=O) groups excluding carboxylic acids is 2.